The van der Waals surface area contributed by atoms with Gasteiger partial charge < -0.3 is 14.2 Å². The van der Waals surface area contributed by atoms with Crippen LogP contribution in [0.25, 0.3) is 0 Å². The lowest BCUT2D eigenvalue weighted by atomic mass is 10.0. The van der Waals surface area contributed by atoms with Gasteiger partial charge in [-0.1, -0.05) is 330 Å². The first-order chi connectivity index (χ1) is 40.5. The predicted molar refractivity (Wildman–Crippen MR) is 357 cm³/mol. The molecular weight excluding hydrogens is 1010 g/mol. The van der Waals surface area contributed by atoms with Gasteiger partial charge in [0.15, 0.2) is 6.10 Å². The Morgan fingerprint density at radius 2 is 0.488 bits per heavy atom. The molecule has 0 aliphatic heterocycles. The highest BCUT2D eigenvalue weighted by Crippen LogP contribution is 2.18. The number of allylic oxidation sites excluding steroid dienone is 16. The van der Waals surface area contributed by atoms with Gasteiger partial charge in [0.1, 0.15) is 13.2 Å². The third-order valence-electron chi connectivity index (χ3n) is 15.3. The van der Waals surface area contributed by atoms with E-state index in [4.69, 9.17) is 14.2 Å². The van der Waals surface area contributed by atoms with Crippen molar-refractivity contribution in [2.45, 2.75) is 354 Å². The summed E-state index contributed by atoms with van der Waals surface area (Å²) in [6, 6.07) is 0. The molecule has 1 unspecified atom stereocenters. The summed E-state index contributed by atoms with van der Waals surface area (Å²) in [5.41, 5.74) is 0. The molecule has 0 rings (SSSR count). The fourth-order valence-corrected chi connectivity index (χ4v) is 10.1. The molecule has 0 aromatic heterocycles. The van der Waals surface area contributed by atoms with Crippen LogP contribution >= 0.6 is 0 Å². The summed E-state index contributed by atoms with van der Waals surface area (Å²) in [6.07, 6.45) is 94.5. The first-order valence-electron chi connectivity index (χ1n) is 35.2. The minimum atomic E-state index is -0.813. The van der Waals surface area contributed by atoms with Gasteiger partial charge in [-0.2, -0.15) is 0 Å². The van der Waals surface area contributed by atoms with Gasteiger partial charge in [0.25, 0.3) is 0 Å². The van der Waals surface area contributed by atoms with E-state index in [-0.39, 0.29) is 37.5 Å². The number of unbranched alkanes of at least 4 members (excludes halogenated alkanes) is 37. The quantitative estimate of drug-likeness (QED) is 0.0261. The maximum absolute atomic E-state index is 12.9. The molecule has 0 heterocycles. The maximum Gasteiger partial charge on any atom is 0.306 e. The van der Waals surface area contributed by atoms with Crippen molar-refractivity contribution in [3.8, 4) is 0 Å². The van der Waals surface area contributed by atoms with Crippen LogP contribution in [-0.4, -0.2) is 37.2 Å². The standard InChI is InChI=1S/C76H132O6/c1-4-7-10-13-16-19-22-25-28-30-32-34-36-37-38-39-41-42-44-46-48-51-54-57-60-63-66-69-75(78)81-72-73(71-80-74(77)68-65-62-59-56-53-50-27-24-21-18-15-12-9-6-3)82-76(79)70-67-64-61-58-55-52-49-47-45-43-40-35-33-31-29-26-23-20-17-14-11-8-5-2/h8,11,17,20,24,26-27,29,33,35,43,45,49,52,58,61,73H,4-7,9-10,12-16,18-19,21-23,25,28,30-32,34,36-42,44,46-48,50-51,53-57,59-60,62-72H2,1-3H3/b11-8-,20-17-,27-24-,29-26-,35-33-,45-43-,52-49-,61-58-. The zero-order chi connectivity index (χ0) is 59.2. The Kier molecular flexibility index (Phi) is 66.7. The molecule has 1 atom stereocenters. The lowest BCUT2D eigenvalue weighted by Crippen LogP contribution is -2.30. The van der Waals surface area contributed by atoms with Crippen molar-refractivity contribution < 1.29 is 28.6 Å². The molecule has 82 heavy (non-hydrogen) atoms. The van der Waals surface area contributed by atoms with Crippen molar-refractivity contribution in [2.75, 3.05) is 13.2 Å². The molecule has 0 spiro atoms. The first kappa shape index (κ1) is 78.3. The second-order valence-electron chi connectivity index (χ2n) is 23.4. The van der Waals surface area contributed by atoms with E-state index in [9.17, 15) is 14.4 Å². The van der Waals surface area contributed by atoms with E-state index in [1.165, 1.54) is 199 Å². The van der Waals surface area contributed by atoms with Gasteiger partial charge in [0.05, 0.1) is 0 Å². The average molecular weight is 1140 g/mol. The molecule has 0 aliphatic carbocycles. The van der Waals surface area contributed by atoms with Gasteiger partial charge >= 0.3 is 17.9 Å². The first-order valence-corrected chi connectivity index (χ1v) is 35.2. The second kappa shape index (κ2) is 69.8. The largest absolute Gasteiger partial charge is 0.462 e. The van der Waals surface area contributed by atoms with E-state index in [0.717, 1.165) is 103 Å². The Morgan fingerprint density at radius 1 is 0.256 bits per heavy atom. The van der Waals surface area contributed by atoms with Gasteiger partial charge in [0.2, 0.25) is 0 Å². The number of carbonyl (C=O) groups is 3. The number of ether oxygens (including phenoxy) is 3. The molecule has 0 saturated carbocycles. The minimum absolute atomic E-state index is 0.101. The summed E-state index contributed by atoms with van der Waals surface area (Å²) in [5, 5.41) is 0. The van der Waals surface area contributed by atoms with Crippen molar-refractivity contribution in [3.63, 3.8) is 0 Å². The highest BCUT2D eigenvalue weighted by molar-refractivity contribution is 5.71. The summed E-state index contributed by atoms with van der Waals surface area (Å²) in [7, 11) is 0. The molecule has 0 bridgehead atoms. The third-order valence-corrected chi connectivity index (χ3v) is 15.3. The Balaban J connectivity index is 4.36. The van der Waals surface area contributed by atoms with Crippen LogP contribution in [0.1, 0.15) is 348 Å². The number of hydrogen-bond donors (Lipinski definition) is 0. The molecule has 472 valence electrons. The summed E-state index contributed by atoms with van der Waals surface area (Å²) < 4.78 is 16.9. The molecule has 6 nitrogen and oxygen atoms in total. The van der Waals surface area contributed by atoms with Crippen molar-refractivity contribution in [3.05, 3.63) is 97.2 Å². The molecular formula is C76H132O6. The van der Waals surface area contributed by atoms with Crippen molar-refractivity contribution in [1.82, 2.24) is 0 Å². The summed E-state index contributed by atoms with van der Waals surface area (Å²) in [5.74, 6) is -0.955. The van der Waals surface area contributed by atoms with E-state index < -0.39 is 6.10 Å². The van der Waals surface area contributed by atoms with E-state index in [2.05, 4.69) is 118 Å². The Labute approximate surface area is 508 Å². The Bertz CT molecular complexity index is 1590. The number of hydrogen-bond acceptors (Lipinski definition) is 6. The fourth-order valence-electron chi connectivity index (χ4n) is 10.1. The summed E-state index contributed by atoms with van der Waals surface area (Å²) >= 11 is 0. The van der Waals surface area contributed by atoms with Gasteiger partial charge in [-0.25, -0.2) is 0 Å². The minimum Gasteiger partial charge on any atom is -0.462 e. The van der Waals surface area contributed by atoms with Crippen LogP contribution in [0, 0.1) is 0 Å². The van der Waals surface area contributed by atoms with Crippen molar-refractivity contribution >= 4 is 17.9 Å². The summed E-state index contributed by atoms with van der Waals surface area (Å²) in [6.45, 7) is 6.51. The highest BCUT2D eigenvalue weighted by Gasteiger charge is 2.19. The van der Waals surface area contributed by atoms with Gasteiger partial charge in [-0.3, -0.25) is 14.4 Å². The van der Waals surface area contributed by atoms with Crippen molar-refractivity contribution in [1.29, 1.82) is 0 Å². The highest BCUT2D eigenvalue weighted by atomic mass is 16.6. The molecule has 0 amide bonds. The molecule has 0 aromatic carbocycles. The van der Waals surface area contributed by atoms with Crippen LogP contribution < -0.4 is 0 Å². The lowest BCUT2D eigenvalue weighted by Gasteiger charge is -2.18. The van der Waals surface area contributed by atoms with Gasteiger partial charge in [0, 0.05) is 19.3 Å². The van der Waals surface area contributed by atoms with Crippen LogP contribution in [0.15, 0.2) is 97.2 Å². The second-order valence-corrected chi connectivity index (χ2v) is 23.4. The Hall–Kier alpha value is -3.67. The van der Waals surface area contributed by atoms with Crippen LogP contribution in [0.4, 0.5) is 0 Å². The van der Waals surface area contributed by atoms with E-state index in [0.29, 0.717) is 19.3 Å². The van der Waals surface area contributed by atoms with Crippen LogP contribution in [0.2, 0.25) is 0 Å². The molecule has 0 fully saturated rings. The number of carbonyl (C=O) groups excluding carboxylic acids is 3. The molecule has 0 N–H and O–H groups in total. The topological polar surface area (TPSA) is 78.9 Å². The SMILES string of the molecule is CC/C=C\C/C=C\C/C=C\C/C=C\C/C=C\C/C=C\C/C=C\CCCC(=O)OC(COC(=O)CCCCCCC/C=C\CCCCCCC)COC(=O)CCCCCCCCCCCCCCCCCCCCCCCCCCCCC. The van der Waals surface area contributed by atoms with E-state index in [1.54, 1.807) is 0 Å². The molecule has 0 radical (unpaired) electrons. The number of rotatable bonds is 64. The molecule has 6 heteroatoms. The summed E-state index contributed by atoms with van der Waals surface area (Å²) in [4.78, 5) is 38.4. The third kappa shape index (κ3) is 67.1. The zero-order valence-corrected chi connectivity index (χ0v) is 54.2. The fraction of sp³-hybridized carbons (Fsp3) is 0.750. The molecule has 0 saturated heterocycles. The van der Waals surface area contributed by atoms with E-state index >= 15 is 0 Å². The molecule has 0 aromatic rings. The van der Waals surface area contributed by atoms with Gasteiger partial charge in [-0.05, 0) is 96.3 Å². The van der Waals surface area contributed by atoms with Crippen molar-refractivity contribution in [2.24, 2.45) is 0 Å². The zero-order valence-electron chi connectivity index (χ0n) is 54.2. The lowest BCUT2D eigenvalue weighted by molar-refractivity contribution is -0.167. The average Bonchev–Trinajstić information content (AvgIpc) is 3.47. The smallest absolute Gasteiger partial charge is 0.306 e. The van der Waals surface area contributed by atoms with Crippen LogP contribution in [0.5, 0.6) is 0 Å². The van der Waals surface area contributed by atoms with E-state index in [1.807, 2.05) is 0 Å². The molecule has 0 aliphatic rings. The maximum atomic E-state index is 12.9. The van der Waals surface area contributed by atoms with Crippen LogP contribution in [-0.2, 0) is 28.6 Å². The predicted octanol–water partition coefficient (Wildman–Crippen LogP) is 24.4. The monoisotopic (exact) mass is 1140 g/mol. The Morgan fingerprint density at radius 3 is 0.793 bits per heavy atom. The van der Waals surface area contributed by atoms with Crippen LogP contribution in [0.3, 0.4) is 0 Å². The number of esters is 3. The normalized spacial score (nSPS) is 12.7. The van der Waals surface area contributed by atoms with Gasteiger partial charge in [-0.15, -0.1) is 0 Å².